The minimum atomic E-state index is -0.263. The summed E-state index contributed by atoms with van der Waals surface area (Å²) in [6.45, 7) is 3.00. The Hall–Kier alpha value is -3.15. The molecule has 1 N–H and O–H groups in total. The third-order valence-corrected chi connectivity index (χ3v) is 4.10. The molecule has 0 spiro atoms. The van der Waals surface area contributed by atoms with Crippen LogP contribution < -0.4 is 14.8 Å². The van der Waals surface area contributed by atoms with Gasteiger partial charge in [-0.25, -0.2) is 4.98 Å². The lowest BCUT2D eigenvalue weighted by molar-refractivity contribution is 0.0934. The quantitative estimate of drug-likeness (QED) is 0.797. The van der Waals surface area contributed by atoms with Crippen molar-refractivity contribution in [2.75, 3.05) is 13.2 Å². The van der Waals surface area contributed by atoms with Crippen molar-refractivity contribution in [3.8, 4) is 11.5 Å². The normalized spacial score (nSPS) is 14.1. The van der Waals surface area contributed by atoms with Crippen LogP contribution in [-0.2, 0) is 0 Å². The van der Waals surface area contributed by atoms with Crippen LogP contribution in [-0.4, -0.2) is 29.1 Å². The molecule has 0 saturated carbocycles. The van der Waals surface area contributed by atoms with Gasteiger partial charge in [0.1, 0.15) is 18.9 Å². The summed E-state index contributed by atoms with van der Waals surface area (Å²) >= 11 is 0. The maximum atomic E-state index is 12.5. The molecule has 1 aromatic heterocycles. The number of amides is 1. The number of nitrogens with zero attached hydrogens (tertiary/aromatic N) is 2. The van der Waals surface area contributed by atoms with Gasteiger partial charge >= 0.3 is 0 Å². The Morgan fingerprint density at radius 2 is 1.84 bits per heavy atom. The number of hydrogen-bond acceptors (Lipinski definition) is 5. The Morgan fingerprint density at radius 3 is 2.68 bits per heavy atom. The summed E-state index contributed by atoms with van der Waals surface area (Å²) in [5.41, 5.74) is 2.69. The second-order valence-corrected chi connectivity index (χ2v) is 5.84. The maximum absolute atomic E-state index is 12.5. The van der Waals surface area contributed by atoms with Crippen LogP contribution in [0.15, 0.2) is 48.7 Å². The highest BCUT2D eigenvalue weighted by Crippen LogP contribution is 2.32. The van der Waals surface area contributed by atoms with Gasteiger partial charge in [0.25, 0.3) is 5.91 Å². The lowest BCUT2D eigenvalue weighted by atomic mass is 10.1. The molecule has 0 saturated heterocycles. The summed E-state index contributed by atoms with van der Waals surface area (Å²) in [6.07, 6.45) is 1.49. The third kappa shape index (κ3) is 3.10. The first-order valence-electron chi connectivity index (χ1n) is 8.13. The van der Waals surface area contributed by atoms with E-state index in [1.54, 1.807) is 0 Å². The molecule has 1 amide bonds. The second kappa shape index (κ2) is 6.39. The Labute approximate surface area is 144 Å². The van der Waals surface area contributed by atoms with Gasteiger partial charge < -0.3 is 14.8 Å². The van der Waals surface area contributed by atoms with E-state index in [1.807, 2.05) is 49.4 Å². The van der Waals surface area contributed by atoms with E-state index in [4.69, 9.17) is 9.47 Å². The molecule has 6 nitrogen and oxygen atoms in total. The van der Waals surface area contributed by atoms with Crippen molar-refractivity contribution in [2.45, 2.75) is 13.0 Å². The third-order valence-electron chi connectivity index (χ3n) is 4.10. The Bertz CT molecular complexity index is 942. The van der Waals surface area contributed by atoms with E-state index in [2.05, 4.69) is 15.3 Å². The fourth-order valence-electron chi connectivity index (χ4n) is 2.75. The highest BCUT2D eigenvalue weighted by atomic mass is 16.6. The predicted octanol–water partition coefficient (Wildman–Crippen LogP) is 2.89. The number of para-hydroxylation sites is 2. The van der Waals surface area contributed by atoms with Crippen LogP contribution in [0, 0.1) is 0 Å². The zero-order chi connectivity index (χ0) is 17.2. The summed E-state index contributed by atoms with van der Waals surface area (Å²) in [5, 5.41) is 2.95. The number of rotatable bonds is 3. The summed E-state index contributed by atoms with van der Waals surface area (Å²) in [5.74, 6) is 1.17. The summed E-state index contributed by atoms with van der Waals surface area (Å²) in [4.78, 5) is 21.1. The first-order valence-corrected chi connectivity index (χ1v) is 8.13. The van der Waals surface area contributed by atoms with E-state index < -0.39 is 0 Å². The standard InChI is InChI=1S/C19H17N3O3/c1-12(13-6-7-17-18(10-13)25-9-8-24-17)21-19(23)16-11-20-14-4-2-3-5-15(14)22-16/h2-7,10-12H,8-9H2,1H3,(H,21,23). The molecule has 1 unspecified atom stereocenters. The van der Waals surface area contributed by atoms with Gasteiger partial charge in [0.15, 0.2) is 11.5 Å². The highest BCUT2D eigenvalue weighted by molar-refractivity contribution is 5.94. The number of nitrogens with one attached hydrogen (secondary N) is 1. The van der Waals surface area contributed by atoms with Gasteiger partial charge in [-0.2, -0.15) is 0 Å². The van der Waals surface area contributed by atoms with Crippen molar-refractivity contribution in [3.05, 3.63) is 59.9 Å². The molecular formula is C19H17N3O3. The first-order chi connectivity index (χ1) is 12.2. The van der Waals surface area contributed by atoms with Gasteiger partial charge in [-0.1, -0.05) is 18.2 Å². The highest BCUT2D eigenvalue weighted by Gasteiger charge is 2.17. The molecule has 0 radical (unpaired) electrons. The number of carbonyl (C=O) groups is 1. The molecule has 1 atom stereocenters. The predicted molar refractivity (Wildman–Crippen MR) is 92.9 cm³/mol. The van der Waals surface area contributed by atoms with Gasteiger partial charge in [0.2, 0.25) is 0 Å². The van der Waals surface area contributed by atoms with Crippen LogP contribution >= 0.6 is 0 Å². The molecule has 6 heteroatoms. The van der Waals surface area contributed by atoms with Gasteiger partial charge in [0, 0.05) is 0 Å². The monoisotopic (exact) mass is 335 g/mol. The second-order valence-electron chi connectivity index (χ2n) is 5.84. The molecule has 4 rings (SSSR count). The maximum Gasteiger partial charge on any atom is 0.271 e. The van der Waals surface area contributed by atoms with Gasteiger partial charge in [-0.15, -0.1) is 0 Å². The molecule has 0 aliphatic carbocycles. The lowest BCUT2D eigenvalue weighted by Crippen LogP contribution is -2.27. The van der Waals surface area contributed by atoms with E-state index >= 15 is 0 Å². The number of hydrogen-bond donors (Lipinski definition) is 1. The van der Waals surface area contributed by atoms with Crippen LogP contribution in [0.1, 0.15) is 29.0 Å². The Balaban J connectivity index is 1.53. The van der Waals surface area contributed by atoms with Crippen molar-refractivity contribution in [3.63, 3.8) is 0 Å². The smallest absolute Gasteiger partial charge is 0.271 e. The summed E-state index contributed by atoms with van der Waals surface area (Å²) in [7, 11) is 0. The van der Waals surface area contributed by atoms with Crippen LogP contribution in [0.4, 0.5) is 0 Å². The van der Waals surface area contributed by atoms with Crippen LogP contribution in [0.25, 0.3) is 11.0 Å². The fourth-order valence-corrected chi connectivity index (χ4v) is 2.75. The molecule has 0 fully saturated rings. The van der Waals surface area contributed by atoms with Gasteiger partial charge in [-0.05, 0) is 36.8 Å². The number of ether oxygens (including phenoxy) is 2. The van der Waals surface area contributed by atoms with Crippen LogP contribution in [0.5, 0.6) is 11.5 Å². The average Bonchev–Trinajstić information content (AvgIpc) is 2.67. The molecule has 3 aromatic rings. The molecule has 2 heterocycles. The minimum Gasteiger partial charge on any atom is -0.486 e. The summed E-state index contributed by atoms with van der Waals surface area (Å²) < 4.78 is 11.1. The van der Waals surface area contributed by atoms with Crippen molar-refractivity contribution < 1.29 is 14.3 Å². The van der Waals surface area contributed by atoms with Crippen molar-refractivity contribution in [2.24, 2.45) is 0 Å². The molecule has 0 bridgehead atoms. The van der Waals surface area contributed by atoms with E-state index in [9.17, 15) is 4.79 Å². The van der Waals surface area contributed by atoms with Crippen molar-refractivity contribution in [1.29, 1.82) is 0 Å². The number of fused-ring (bicyclic) bond motifs is 2. The Morgan fingerprint density at radius 1 is 1.08 bits per heavy atom. The van der Waals surface area contributed by atoms with E-state index in [-0.39, 0.29) is 11.9 Å². The number of aromatic nitrogens is 2. The molecule has 25 heavy (non-hydrogen) atoms. The number of benzene rings is 2. The van der Waals surface area contributed by atoms with Crippen LogP contribution in [0.3, 0.4) is 0 Å². The summed E-state index contributed by atoms with van der Waals surface area (Å²) in [6, 6.07) is 12.9. The van der Waals surface area contributed by atoms with Crippen LogP contribution in [0.2, 0.25) is 0 Å². The largest absolute Gasteiger partial charge is 0.486 e. The fraction of sp³-hybridized carbons (Fsp3) is 0.211. The molecular weight excluding hydrogens is 318 g/mol. The topological polar surface area (TPSA) is 73.3 Å². The zero-order valence-electron chi connectivity index (χ0n) is 13.7. The molecule has 126 valence electrons. The Kier molecular flexibility index (Phi) is 3.93. The minimum absolute atomic E-state index is 0.198. The van der Waals surface area contributed by atoms with Gasteiger partial charge in [-0.3, -0.25) is 9.78 Å². The number of carbonyl (C=O) groups excluding carboxylic acids is 1. The average molecular weight is 335 g/mol. The van der Waals surface area contributed by atoms with Crippen molar-refractivity contribution in [1.82, 2.24) is 15.3 Å². The zero-order valence-corrected chi connectivity index (χ0v) is 13.7. The molecule has 1 aliphatic heterocycles. The SMILES string of the molecule is CC(NC(=O)c1cnc2ccccc2n1)c1ccc2c(c1)OCCO2. The lowest BCUT2D eigenvalue weighted by Gasteiger charge is -2.21. The van der Waals surface area contributed by atoms with Gasteiger partial charge in [0.05, 0.1) is 23.3 Å². The molecule has 2 aromatic carbocycles. The van der Waals surface area contributed by atoms with Crippen molar-refractivity contribution >= 4 is 16.9 Å². The van der Waals surface area contributed by atoms with E-state index in [0.29, 0.717) is 30.2 Å². The first kappa shape index (κ1) is 15.4. The molecule has 1 aliphatic rings. The van der Waals surface area contributed by atoms with E-state index in [0.717, 1.165) is 16.8 Å². The van der Waals surface area contributed by atoms with E-state index in [1.165, 1.54) is 6.20 Å².